The van der Waals surface area contributed by atoms with Crippen molar-refractivity contribution in [2.24, 2.45) is 0 Å². The number of nitrogens with one attached hydrogen (secondary N) is 1. The van der Waals surface area contributed by atoms with Crippen molar-refractivity contribution in [1.29, 1.82) is 0 Å². The molecule has 0 radical (unpaired) electrons. The molecule has 2 aromatic heterocycles. The molecule has 134 valence electrons. The minimum atomic E-state index is -0.286. The predicted octanol–water partition coefficient (Wildman–Crippen LogP) is 4.19. The van der Waals surface area contributed by atoms with Gasteiger partial charge in [0.05, 0.1) is 17.2 Å². The molecule has 0 saturated heterocycles. The van der Waals surface area contributed by atoms with Crippen LogP contribution in [0.15, 0.2) is 67.1 Å². The summed E-state index contributed by atoms with van der Waals surface area (Å²) in [6, 6.07) is 15.1. The SMILES string of the molecule is CC(C)c1nccn1-c1ccc(NC(=O)c2cnc3ccccc3n2)cc1. The zero-order valence-corrected chi connectivity index (χ0v) is 15.1. The van der Waals surface area contributed by atoms with Gasteiger partial charge in [-0.25, -0.2) is 9.97 Å². The van der Waals surface area contributed by atoms with Crippen molar-refractivity contribution in [3.63, 3.8) is 0 Å². The van der Waals surface area contributed by atoms with Crippen molar-refractivity contribution in [3.8, 4) is 5.69 Å². The van der Waals surface area contributed by atoms with E-state index in [2.05, 4.69) is 34.1 Å². The van der Waals surface area contributed by atoms with E-state index in [4.69, 9.17) is 0 Å². The summed E-state index contributed by atoms with van der Waals surface area (Å²) in [5.74, 6) is 1.04. The topological polar surface area (TPSA) is 72.7 Å². The summed E-state index contributed by atoms with van der Waals surface area (Å²) in [4.78, 5) is 25.5. The van der Waals surface area contributed by atoms with Gasteiger partial charge in [0.15, 0.2) is 0 Å². The summed E-state index contributed by atoms with van der Waals surface area (Å²) in [6.45, 7) is 4.22. The summed E-state index contributed by atoms with van der Waals surface area (Å²) in [5, 5.41) is 2.87. The van der Waals surface area contributed by atoms with Crippen molar-refractivity contribution in [2.75, 3.05) is 5.32 Å². The Balaban J connectivity index is 1.53. The van der Waals surface area contributed by atoms with Gasteiger partial charge >= 0.3 is 0 Å². The summed E-state index contributed by atoms with van der Waals surface area (Å²) < 4.78 is 2.05. The molecule has 4 rings (SSSR count). The predicted molar refractivity (Wildman–Crippen MR) is 105 cm³/mol. The molecule has 2 aromatic carbocycles. The van der Waals surface area contributed by atoms with E-state index in [1.54, 1.807) is 6.20 Å². The fraction of sp³-hybridized carbons (Fsp3) is 0.143. The van der Waals surface area contributed by atoms with Gasteiger partial charge in [0.1, 0.15) is 11.5 Å². The number of carbonyl (C=O) groups is 1. The minimum absolute atomic E-state index is 0.286. The lowest BCUT2D eigenvalue weighted by atomic mass is 10.2. The molecule has 0 bridgehead atoms. The molecule has 0 aliphatic rings. The first-order valence-electron chi connectivity index (χ1n) is 8.78. The average molecular weight is 357 g/mol. The van der Waals surface area contributed by atoms with Crippen molar-refractivity contribution in [2.45, 2.75) is 19.8 Å². The summed E-state index contributed by atoms with van der Waals surface area (Å²) >= 11 is 0. The number of rotatable bonds is 4. The van der Waals surface area contributed by atoms with E-state index in [-0.39, 0.29) is 11.6 Å². The van der Waals surface area contributed by atoms with E-state index in [9.17, 15) is 4.79 Å². The van der Waals surface area contributed by atoms with Crippen LogP contribution in [0.25, 0.3) is 16.7 Å². The van der Waals surface area contributed by atoms with Crippen LogP contribution in [0.1, 0.15) is 36.1 Å². The van der Waals surface area contributed by atoms with Crippen LogP contribution >= 0.6 is 0 Å². The number of benzene rings is 2. The molecular formula is C21H19N5O. The molecule has 0 atom stereocenters. The molecule has 1 amide bonds. The highest BCUT2D eigenvalue weighted by atomic mass is 16.1. The van der Waals surface area contributed by atoms with Gasteiger partial charge < -0.3 is 9.88 Å². The number of imidazole rings is 1. The third-order valence-corrected chi connectivity index (χ3v) is 4.27. The standard InChI is InChI=1S/C21H19N5O/c1-14(2)20-22-11-12-26(20)16-9-7-15(8-10-16)24-21(27)19-13-23-17-5-3-4-6-18(17)25-19/h3-14H,1-2H3,(H,24,27). The molecule has 0 fully saturated rings. The number of carbonyl (C=O) groups excluding carboxylic acids is 1. The Kier molecular flexibility index (Phi) is 4.38. The van der Waals surface area contributed by atoms with Gasteiger partial charge in [-0.2, -0.15) is 0 Å². The largest absolute Gasteiger partial charge is 0.321 e. The molecule has 1 N–H and O–H groups in total. The second-order valence-corrected chi connectivity index (χ2v) is 6.56. The third-order valence-electron chi connectivity index (χ3n) is 4.27. The highest BCUT2D eigenvalue weighted by Gasteiger charge is 2.11. The smallest absolute Gasteiger partial charge is 0.275 e. The zero-order chi connectivity index (χ0) is 18.8. The normalized spacial score (nSPS) is 11.1. The molecule has 0 unspecified atom stereocenters. The Bertz CT molecular complexity index is 1100. The van der Waals surface area contributed by atoms with E-state index in [0.717, 1.165) is 17.0 Å². The fourth-order valence-corrected chi connectivity index (χ4v) is 2.93. The first kappa shape index (κ1) is 16.9. The molecule has 6 heteroatoms. The zero-order valence-electron chi connectivity index (χ0n) is 15.1. The molecule has 0 saturated carbocycles. The number of anilines is 1. The Morgan fingerprint density at radius 2 is 1.74 bits per heavy atom. The molecule has 2 heterocycles. The number of amides is 1. The molecule has 0 aliphatic heterocycles. The summed E-state index contributed by atoms with van der Waals surface area (Å²) in [6.07, 6.45) is 5.23. The molecular weight excluding hydrogens is 338 g/mol. The van der Waals surface area contributed by atoms with Gasteiger partial charge in [-0.3, -0.25) is 9.78 Å². The molecule has 0 aliphatic carbocycles. The molecule has 6 nitrogen and oxygen atoms in total. The number of aromatic nitrogens is 4. The monoisotopic (exact) mass is 357 g/mol. The van der Waals surface area contributed by atoms with Crippen LogP contribution in [0, 0.1) is 0 Å². The van der Waals surface area contributed by atoms with Crippen molar-refractivity contribution >= 4 is 22.6 Å². The van der Waals surface area contributed by atoms with E-state index in [1.165, 1.54) is 6.20 Å². The molecule has 27 heavy (non-hydrogen) atoms. The number of fused-ring (bicyclic) bond motifs is 1. The Morgan fingerprint density at radius 1 is 1.00 bits per heavy atom. The van der Waals surface area contributed by atoms with Crippen LogP contribution in [0.5, 0.6) is 0 Å². The van der Waals surface area contributed by atoms with Crippen LogP contribution in [0.4, 0.5) is 5.69 Å². The fourth-order valence-electron chi connectivity index (χ4n) is 2.93. The maximum atomic E-state index is 12.5. The van der Waals surface area contributed by atoms with Crippen LogP contribution in [-0.4, -0.2) is 25.4 Å². The van der Waals surface area contributed by atoms with Crippen LogP contribution in [0.2, 0.25) is 0 Å². The van der Waals surface area contributed by atoms with Crippen LogP contribution < -0.4 is 5.32 Å². The lowest BCUT2D eigenvalue weighted by Gasteiger charge is -2.11. The lowest BCUT2D eigenvalue weighted by Crippen LogP contribution is -2.14. The first-order chi connectivity index (χ1) is 13.1. The second-order valence-electron chi connectivity index (χ2n) is 6.56. The summed E-state index contributed by atoms with van der Waals surface area (Å²) in [7, 11) is 0. The first-order valence-corrected chi connectivity index (χ1v) is 8.78. The number of para-hydroxylation sites is 2. The second kappa shape index (κ2) is 6.99. The number of nitrogens with zero attached hydrogens (tertiary/aromatic N) is 4. The van der Waals surface area contributed by atoms with Gasteiger partial charge in [-0.1, -0.05) is 26.0 Å². The quantitative estimate of drug-likeness (QED) is 0.594. The highest BCUT2D eigenvalue weighted by molar-refractivity contribution is 6.03. The number of hydrogen-bond donors (Lipinski definition) is 1. The van der Waals surface area contributed by atoms with E-state index >= 15 is 0 Å². The summed E-state index contributed by atoms with van der Waals surface area (Å²) in [5.41, 5.74) is 3.45. The Hall–Kier alpha value is -3.54. The Morgan fingerprint density at radius 3 is 2.48 bits per heavy atom. The van der Waals surface area contributed by atoms with Gasteiger partial charge in [-0.15, -0.1) is 0 Å². The lowest BCUT2D eigenvalue weighted by molar-refractivity contribution is 0.102. The van der Waals surface area contributed by atoms with E-state index < -0.39 is 0 Å². The Labute approximate surface area is 156 Å². The van der Waals surface area contributed by atoms with Crippen molar-refractivity contribution in [1.82, 2.24) is 19.5 Å². The van der Waals surface area contributed by atoms with Crippen molar-refractivity contribution < 1.29 is 4.79 Å². The maximum absolute atomic E-state index is 12.5. The highest BCUT2D eigenvalue weighted by Crippen LogP contribution is 2.20. The average Bonchev–Trinajstić information content (AvgIpc) is 3.18. The minimum Gasteiger partial charge on any atom is -0.321 e. The van der Waals surface area contributed by atoms with Gasteiger partial charge in [-0.05, 0) is 36.4 Å². The van der Waals surface area contributed by atoms with Gasteiger partial charge in [0.2, 0.25) is 0 Å². The van der Waals surface area contributed by atoms with Crippen LogP contribution in [0.3, 0.4) is 0 Å². The number of hydrogen-bond acceptors (Lipinski definition) is 4. The van der Waals surface area contributed by atoms with E-state index in [0.29, 0.717) is 17.1 Å². The molecule has 0 spiro atoms. The van der Waals surface area contributed by atoms with E-state index in [1.807, 2.05) is 59.3 Å². The van der Waals surface area contributed by atoms with Gasteiger partial charge in [0.25, 0.3) is 5.91 Å². The maximum Gasteiger partial charge on any atom is 0.275 e. The van der Waals surface area contributed by atoms with Crippen molar-refractivity contribution in [3.05, 3.63) is 78.6 Å². The third kappa shape index (κ3) is 3.42. The molecule has 4 aromatic rings. The van der Waals surface area contributed by atoms with Gasteiger partial charge in [0, 0.05) is 29.7 Å². The van der Waals surface area contributed by atoms with Crippen LogP contribution in [-0.2, 0) is 0 Å².